The number of halogens is 5. The van der Waals surface area contributed by atoms with Gasteiger partial charge in [0.2, 0.25) is 11.8 Å². The Morgan fingerprint density at radius 3 is 2.59 bits per heavy atom. The van der Waals surface area contributed by atoms with Crippen molar-refractivity contribution in [1.82, 2.24) is 30.3 Å². The molecule has 0 spiro atoms. The summed E-state index contributed by atoms with van der Waals surface area (Å²) in [5.74, 6) is -4.09. The number of H-pyrrole nitrogens is 1. The van der Waals surface area contributed by atoms with Crippen molar-refractivity contribution >= 4 is 22.8 Å². The quantitative estimate of drug-likeness (QED) is 0.378. The zero-order chi connectivity index (χ0) is 27.0. The Balaban J connectivity index is 1.59. The Kier molecular flexibility index (Phi) is 7.20. The third-order valence-electron chi connectivity index (χ3n) is 6.57. The van der Waals surface area contributed by atoms with Gasteiger partial charge in [0.1, 0.15) is 11.9 Å². The van der Waals surface area contributed by atoms with Gasteiger partial charge in [-0.25, -0.2) is 18.4 Å². The van der Waals surface area contributed by atoms with Crippen LogP contribution >= 0.6 is 0 Å². The molecule has 4 rings (SSSR count). The normalized spacial score (nSPS) is 18.0. The second-order valence-electron chi connectivity index (χ2n) is 9.39. The fraction of sp³-hybridized carbons (Fsp3) is 0.522. The number of primary amides is 1. The number of nitrogens with one attached hydrogen (secondary N) is 2. The number of aromatic amines is 1. The van der Waals surface area contributed by atoms with Gasteiger partial charge in [0.15, 0.2) is 5.69 Å². The molecule has 2 aromatic heterocycles. The van der Waals surface area contributed by atoms with Crippen LogP contribution in [-0.2, 0) is 4.79 Å². The van der Waals surface area contributed by atoms with Gasteiger partial charge in [-0.1, -0.05) is 11.3 Å². The number of alkyl halides is 5. The van der Waals surface area contributed by atoms with Crippen LogP contribution in [0.3, 0.4) is 0 Å². The van der Waals surface area contributed by atoms with Crippen molar-refractivity contribution in [1.29, 1.82) is 0 Å². The molecule has 2 heterocycles. The Hall–Kier alpha value is -3.58. The first-order chi connectivity index (χ1) is 17.3. The van der Waals surface area contributed by atoms with E-state index in [9.17, 15) is 31.5 Å². The average molecular weight is 527 g/mol. The first-order valence-corrected chi connectivity index (χ1v) is 11.8. The average Bonchev–Trinajstić information content (AvgIpc) is 3.45. The topological polar surface area (TPSA) is 132 Å². The van der Waals surface area contributed by atoms with Gasteiger partial charge in [0.05, 0.1) is 29.7 Å². The number of carbonyl (C=O) groups is 2. The van der Waals surface area contributed by atoms with E-state index < -0.39 is 48.8 Å². The SMILES string of the molecule is C[C@@H](NC(=O)CCC(F)(F)F)c1ccc2nc([C@H](C3CCC(F)(F)CC3)n3cc(C(N)=O)nn3)[nH]c2c1. The molecule has 2 atom stereocenters. The number of rotatable bonds is 8. The smallest absolute Gasteiger partial charge is 0.364 e. The maximum atomic E-state index is 13.8. The van der Waals surface area contributed by atoms with Crippen LogP contribution in [0, 0.1) is 5.92 Å². The van der Waals surface area contributed by atoms with Crippen molar-refractivity contribution in [2.45, 2.75) is 69.6 Å². The van der Waals surface area contributed by atoms with Crippen LogP contribution in [0.1, 0.15) is 79.4 Å². The monoisotopic (exact) mass is 527 g/mol. The number of amides is 2. The Bertz CT molecular complexity index is 1280. The summed E-state index contributed by atoms with van der Waals surface area (Å²) < 4.78 is 66.2. The molecule has 1 aliphatic carbocycles. The molecule has 9 nitrogen and oxygen atoms in total. The number of nitrogens with zero attached hydrogens (tertiary/aromatic N) is 4. The first kappa shape index (κ1) is 26.5. The van der Waals surface area contributed by atoms with Gasteiger partial charge in [-0.15, -0.1) is 5.10 Å². The molecule has 37 heavy (non-hydrogen) atoms. The van der Waals surface area contributed by atoms with Crippen molar-refractivity contribution in [2.24, 2.45) is 11.7 Å². The molecule has 0 unspecified atom stereocenters. The number of hydrogen-bond donors (Lipinski definition) is 3. The lowest BCUT2D eigenvalue weighted by molar-refractivity contribution is -0.144. The van der Waals surface area contributed by atoms with Gasteiger partial charge in [0, 0.05) is 19.3 Å². The van der Waals surface area contributed by atoms with Gasteiger partial charge >= 0.3 is 6.18 Å². The maximum Gasteiger partial charge on any atom is 0.389 e. The second-order valence-corrected chi connectivity index (χ2v) is 9.39. The Morgan fingerprint density at radius 1 is 1.27 bits per heavy atom. The lowest BCUT2D eigenvalue weighted by Crippen LogP contribution is -2.31. The van der Waals surface area contributed by atoms with Crippen LogP contribution in [0.5, 0.6) is 0 Å². The molecule has 1 aromatic carbocycles. The molecule has 4 N–H and O–H groups in total. The van der Waals surface area contributed by atoms with Crippen molar-refractivity contribution in [3.05, 3.63) is 41.5 Å². The molecular formula is C23H26F5N7O2. The van der Waals surface area contributed by atoms with E-state index in [-0.39, 0.29) is 37.3 Å². The summed E-state index contributed by atoms with van der Waals surface area (Å²) in [6.45, 7) is 1.65. The lowest BCUT2D eigenvalue weighted by Gasteiger charge is -2.32. The molecule has 0 aliphatic heterocycles. The van der Waals surface area contributed by atoms with Gasteiger partial charge < -0.3 is 16.0 Å². The standard InChI is InChI=1S/C23H26F5N7O2/c1-12(30-18(36)6-9-23(26,27)28)14-2-3-15-16(10-14)32-21(31-15)19(13-4-7-22(24,25)8-5-13)35-11-17(20(29)37)33-34-35/h2-3,10-13,19H,4-9H2,1H3,(H2,29,37)(H,30,36)(H,31,32)/t12-,19+/m1/s1. The zero-order valence-electron chi connectivity index (χ0n) is 19.9. The predicted molar refractivity (Wildman–Crippen MR) is 122 cm³/mol. The molecule has 2 amide bonds. The highest BCUT2D eigenvalue weighted by molar-refractivity contribution is 5.90. The van der Waals surface area contributed by atoms with Crippen molar-refractivity contribution < 1.29 is 31.5 Å². The number of imidazole rings is 1. The molecule has 0 saturated heterocycles. The molecule has 14 heteroatoms. The third-order valence-corrected chi connectivity index (χ3v) is 6.57. The van der Waals surface area contributed by atoms with Crippen LogP contribution in [0.4, 0.5) is 22.0 Å². The van der Waals surface area contributed by atoms with Gasteiger partial charge in [0.25, 0.3) is 5.91 Å². The summed E-state index contributed by atoms with van der Waals surface area (Å²) in [7, 11) is 0. The van der Waals surface area contributed by atoms with Crippen molar-refractivity contribution in [3.63, 3.8) is 0 Å². The van der Waals surface area contributed by atoms with Gasteiger partial charge in [-0.2, -0.15) is 13.2 Å². The number of nitrogens with two attached hydrogens (primary N) is 1. The second kappa shape index (κ2) is 10.1. The zero-order valence-corrected chi connectivity index (χ0v) is 19.9. The van der Waals surface area contributed by atoms with E-state index in [1.807, 2.05) is 0 Å². The summed E-state index contributed by atoms with van der Waals surface area (Å²) in [5, 5.41) is 10.3. The molecular weight excluding hydrogens is 501 g/mol. The molecule has 3 aromatic rings. The Labute approximate surface area is 208 Å². The minimum Gasteiger partial charge on any atom is -0.364 e. The largest absolute Gasteiger partial charge is 0.389 e. The van der Waals surface area contributed by atoms with Crippen molar-refractivity contribution in [2.75, 3.05) is 0 Å². The Morgan fingerprint density at radius 2 is 1.97 bits per heavy atom. The number of aromatic nitrogens is 5. The van der Waals surface area contributed by atoms with E-state index in [2.05, 4.69) is 25.6 Å². The molecule has 0 radical (unpaired) electrons. The predicted octanol–water partition coefficient (Wildman–Crippen LogP) is 4.19. The summed E-state index contributed by atoms with van der Waals surface area (Å²) in [5.41, 5.74) is 6.99. The number of carbonyl (C=O) groups excluding carboxylic acids is 2. The van der Waals surface area contributed by atoms with Crippen LogP contribution in [0.25, 0.3) is 11.0 Å². The van der Waals surface area contributed by atoms with E-state index in [0.29, 0.717) is 22.4 Å². The molecule has 0 bridgehead atoms. The maximum absolute atomic E-state index is 13.8. The highest BCUT2D eigenvalue weighted by Gasteiger charge is 2.40. The van der Waals surface area contributed by atoms with E-state index in [1.54, 1.807) is 25.1 Å². The van der Waals surface area contributed by atoms with Crippen LogP contribution in [0.15, 0.2) is 24.4 Å². The third kappa shape index (κ3) is 6.41. The van der Waals surface area contributed by atoms with Gasteiger partial charge in [-0.3, -0.25) is 9.59 Å². The summed E-state index contributed by atoms with van der Waals surface area (Å²) in [4.78, 5) is 31.3. The van der Waals surface area contributed by atoms with Crippen LogP contribution in [-0.4, -0.2) is 48.9 Å². The number of benzene rings is 1. The number of fused-ring (bicyclic) bond motifs is 1. The molecule has 1 saturated carbocycles. The lowest BCUT2D eigenvalue weighted by atomic mass is 9.81. The van der Waals surface area contributed by atoms with Gasteiger partial charge in [-0.05, 0) is 43.4 Å². The van der Waals surface area contributed by atoms with E-state index in [1.165, 1.54) is 10.9 Å². The summed E-state index contributed by atoms with van der Waals surface area (Å²) >= 11 is 0. The minimum atomic E-state index is -4.42. The van der Waals surface area contributed by atoms with Crippen LogP contribution < -0.4 is 11.1 Å². The fourth-order valence-electron chi connectivity index (χ4n) is 4.58. The van der Waals surface area contributed by atoms with E-state index in [0.717, 1.165) is 0 Å². The van der Waals surface area contributed by atoms with Crippen molar-refractivity contribution in [3.8, 4) is 0 Å². The molecule has 1 fully saturated rings. The van der Waals surface area contributed by atoms with E-state index >= 15 is 0 Å². The molecule has 200 valence electrons. The minimum absolute atomic E-state index is 0.0698. The fourth-order valence-corrected chi connectivity index (χ4v) is 4.58. The number of hydrogen-bond acceptors (Lipinski definition) is 5. The summed E-state index contributed by atoms with van der Waals surface area (Å²) in [6.07, 6.45) is -5.11. The highest BCUT2D eigenvalue weighted by Crippen LogP contribution is 2.42. The molecule has 1 aliphatic rings. The highest BCUT2D eigenvalue weighted by atomic mass is 19.4. The van der Waals surface area contributed by atoms with Crippen LogP contribution in [0.2, 0.25) is 0 Å². The summed E-state index contributed by atoms with van der Waals surface area (Å²) in [6, 6.07) is 3.90. The first-order valence-electron chi connectivity index (χ1n) is 11.8. The van der Waals surface area contributed by atoms with E-state index in [4.69, 9.17) is 5.73 Å².